The highest BCUT2D eigenvalue weighted by Gasteiger charge is 2.38. The maximum absolute atomic E-state index is 4.30. The number of hydrogen-bond donors (Lipinski definition) is 1. The number of aromatic nitrogens is 2. The molecule has 0 radical (unpaired) electrons. The summed E-state index contributed by atoms with van der Waals surface area (Å²) in [5.41, 5.74) is 1.16. The standard InChI is InChI=1S/C14H21N3/c1-3-17-9-13(8-15-17)16-10(2)14-7-11-4-5-12(14)6-11/h4-5,8-12,14,16H,3,6-7H2,1-2H3. The van der Waals surface area contributed by atoms with E-state index in [2.05, 4.69) is 42.6 Å². The first-order valence-corrected chi connectivity index (χ1v) is 6.73. The van der Waals surface area contributed by atoms with E-state index in [-0.39, 0.29) is 0 Å². The first-order chi connectivity index (χ1) is 8.26. The summed E-state index contributed by atoms with van der Waals surface area (Å²) in [4.78, 5) is 0. The summed E-state index contributed by atoms with van der Waals surface area (Å²) in [6, 6.07) is 0.546. The minimum atomic E-state index is 0.546. The number of nitrogens with zero attached hydrogens (tertiary/aromatic N) is 2. The van der Waals surface area contributed by atoms with Crippen molar-refractivity contribution in [1.82, 2.24) is 9.78 Å². The highest BCUT2D eigenvalue weighted by molar-refractivity contribution is 5.39. The number of anilines is 1. The molecule has 3 rings (SSSR count). The van der Waals surface area contributed by atoms with Crippen molar-refractivity contribution in [1.29, 1.82) is 0 Å². The number of allylic oxidation sites excluding steroid dienone is 2. The van der Waals surface area contributed by atoms with Gasteiger partial charge in [0.1, 0.15) is 0 Å². The second-order valence-electron chi connectivity index (χ2n) is 5.46. The monoisotopic (exact) mass is 231 g/mol. The molecule has 4 atom stereocenters. The van der Waals surface area contributed by atoms with Gasteiger partial charge in [-0.1, -0.05) is 12.2 Å². The SMILES string of the molecule is CCn1cc(NC(C)C2CC3C=CC2C3)cn1. The average Bonchev–Trinajstić information content (AvgIpc) is 3.04. The van der Waals surface area contributed by atoms with Crippen LogP contribution in [0.3, 0.4) is 0 Å². The van der Waals surface area contributed by atoms with Gasteiger partial charge in [-0.05, 0) is 44.4 Å². The van der Waals surface area contributed by atoms with Crippen LogP contribution in [0, 0.1) is 17.8 Å². The van der Waals surface area contributed by atoms with E-state index >= 15 is 0 Å². The molecule has 0 spiro atoms. The molecular weight excluding hydrogens is 210 g/mol. The van der Waals surface area contributed by atoms with Crippen LogP contribution in [0.2, 0.25) is 0 Å². The predicted molar refractivity (Wildman–Crippen MR) is 69.8 cm³/mol. The molecular formula is C14H21N3. The average molecular weight is 231 g/mol. The Labute approximate surface area is 103 Å². The summed E-state index contributed by atoms with van der Waals surface area (Å²) in [7, 11) is 0. The fourth-order valence-electron chi connectivity index (χ4n) is 3.38. The highest BCUT2D eigenvalue weighted by Crippen LogP contribution is 2.45. The summed E-state index contributed by atoms with van der Waals surface area (Å²) in [6.07, 6.45) is 11.6. The molecule has 1 saturated carbocycles. The summed E-state index contributed by atoms with van der Waals surface area (Å²) in [5, 5.41) is 7.91. The quantitative estimate of drug-likeness (QED) is 0.807. The maximum Gasteiger partial charge on any atom is 0.0728 e. The van der Waals surface area contributed by atoms with E-state index in [4.69, 9.17) is 0 Å². The fourth-order valence-corrected chi connectivity index (χ4v) is 3.38. The molecule has 2 aliphatic rings. The molecule has 0 aliphatic heterocycles. The van der Waals surface area contributed by atoms with Crippen LogP contribution in [0.5, 0.6) is 0 Å². The molecule has 0 aromatic carbocycles. The summed E-state index contributed by atoms with van der Waals surface area (Å²) in [5.74, 6) is 2.46. The lowest BCUT2D eigenvalue weighted by Gasteiger charge is -2.26. The number of nitrogens with one attached hydrogen (secondary N) is 1. The lowest BCUT2D eigenvalue weighted by Crippen LogP contribution is -2.28. The Balaban J connectivity index is 1.63. The summed E-state index contributed by atoms with van der Waals surface area (Å²) >= 11 is 0. The summed E-state index contributed by atoms with van der Waals surface area (Å²) < 4.78 is 1.97. The van der Waals surface area contributed by atoms with Crippen LogP contribution in [0.25, 0.3) is 0 Å². The largest absolute Gasteiger partial charge is 0.380 e. The Bertz CT molecular complexity index is 421. The molecule has 4 unspecified atom stereocenters. The third-order valence-corrected chi connectivity index (χ3v) is 4.32. The first-order valence-electron chi connectivity index (χ1n) is 6.73. The molecule has 3 heteroatoms. The molecule has 2 aliphatic carbocycles. The number of rotatable bonds is 4. The van der Waals surface area contributed by atoms with Crippen molar-refractivity contribution in [3.63, 3.8) is 0 Å². The Morgan fingerprint density at radius 2 is 2.35 bits per heavy atom. The molecule has 1 aromatic heterocycles. The van der Waals surface area contributed by atoms with Gasteiger partial charge in [0.15, 0.2) is 0 Å². The van der Waals surface area contributed by atoms with Gasteiger partial charge in [0, 0.05) is 18.8 Å². The van der Waals surface area contributed by atoms with Gasteiger partial charge in [0.05, 0.1) is 11.9 Å². The van der Waals surface area contributed by atoms with Crippen LogP contribution < -0.4 is 5.32 Å². The van der Waals surface area contributed by atoms with Crippen LogP contribution >= 0.6 is 0 Å². The zero-order chi connectivity index (χ0) is 11.8. The lowest BCUT2D eigenvalue weighted by atomic mass is 9.87. The number of hydrogen-bond acceptors (Lipinski definition) is 2. The minimum absolute atomic E-state index is 0.546. The van der Waals surface area contributed by atoms with E-state index in [1.165, 1.54) is 12.8 Å². The topological polar surface area (TPSA) is 29.9 Å². The van der Waals surface area contributed by atoms with Crippen LogP contribution in [-0.4, -0.2) is 15.8 Å². The van der Waals surface area contributed by atoms with Gasteiger partial charge in [-0.15, -0.1) is 0 Å². The summed E-state index contributed by atoms with van der Waals surface area (Å²) in [6.45, 7) is 5.36. The van der Waals surface area contributed by atoms with Crippen molar-refractivity contribution in [3.8, 4) is 0 Å². The van der Waals surface area contributed by atoms with Gasteiger partial charge < -0.3 is 5.32 Å². The van der Waals surface area contributed by atoms with E-state index in [0.717, 1.165) is 30.0 Å². The minimum Gasteiger partial charge on any atom is -0.380 e. The van der Waals surface area contributed by atoms with Gasteiger partial charge in [-0.25, -0.2) is 0 Å². The fraction of sp³-hybridized carbons (Fsp3) is 0.643. The third kappa shape index (κ3) is 1.99. The van der Waals surface area contributed by atoms with Gasteiger partial charge in [-0.3, -0.25) is 4.68 Å². The van der Waals surface area contributed by atoms with Crippen molar-refractivity contribution in [3.05, 3.63) is 24.5 Å². The molecule has 2 bridgehead atoms. The molecule has 0 saturated heterocycles. The van der Waals surface area contributed by atoms with Gasteiger partial charge >= 0.3 is 0 Å². The Morgan fingerprint density at radius 3 is 2.94 bits per heavy atom. The number of fused-ring (bicyclic) bond motifs is 2. The Hall–Kier alpha value is -1.25. The smallest absolute Gasteiger partial charge is 0.0728 e. The molecule has 17 heavy (non-hydrogen) atoms. The van der Waals surface area contributed by atoms with Crippen LogP contribution in [-0.2, 0) is 6.54 Å². The molecule has 3 nitrogen and oxygen atoms in total. The first kappa shape index (κ1) is 10.9. The van der Waals surface area contributed by atoms with E-state index in [9.17, 15) is 0 Å². The highest BCUT2D eigenvalue weighted by atomic mass is 15.3. The zero-order valence-electron chi connectivity index (χ0n) is 10.6. The van der Waals surface area contributed by atoms with Crippen molar-refractivity contribution in [2.45, 2.75) is 39.3 Å². The van der Waals surface area contributed by atoms with Crippen molar-refractivity contribution in [2.24, 2.45) is 17.8 Å². The lowest BCUT2D eigenvalue weighted by molar-refractivity contribution is 0.400. The third-order valence-electron chi connectivity index (χ3n) is 4.32. The normalized spacial score (nSPS) is 32.0. The van der Waals surface area contributed by atoms with Gasteiger partial charge in [-0.2, -0.15) is 5.10 Å². The van der Waals surface area contributed by atoms with E-state index in [1.54, 1.807) is 0 Å². The zero-order valence-corrected chi connectivity index (χ0v) is 10.6. The van der Waals surface area contributed by atoms with Crippen molar-refractivity contribution >= 4 is 5.69 Å². The van der Waals surface area contributed by atoms with Gasteiger partial charge in [0.2, 0.25) is 0 Å². The molecule has 92 valence electrons. The van der Waals surface area contributed by atoms with E-state index in [0.29, 0.717) is 6.04 Å². The molecule has 1 heterocycles. The Morgan fingerprint density at radius 1 is 1.47 bits per heavy atom. The maximum atomic E-state index is 4.30. The molecule has 1 N–H and O–H groups in total. The van der Waals surface area contributed by atoms with Crippen molar-refractivity contribution in [2.75, 3.05) is 5.32 Å². The predicted octanol–water partition coefficient (Wildman–Crippen LogP) is 2.92. The van der Waals surface area contributed by atoms with Crippen LogP contribution in [0.4, 0.5) is 5.69 Å². The second-order valence-corrected chi connectivity index (χ2v) is 5.46. The second kappa shape index (κ2) is 4.21. The molecule has 1 fully saturated rings. The Kier molecular flexibility index (Phi) is 2.69. The molecule has 1 aromatic rings. The van der Waals surface area contributed by atoms with Crippen LogP contribution in [0.1, 0.15) is 26.7 Å². The van der Waals surface area contributed by atoms with Crippen LogP contribution in [0.15, 0.2) is 24.5 Å². The number of aryl methyl sites for hydroxylation is 1. The van der Waals surface area contributed by atoms with Crippen molar-refractivity contribution < 1.29 is 0 Å². The van der Waals surface area contributed by atoms with Gasteiger partial charge in [0.25, 0.3) is 0 Å². The molecule has 0 amide bonds. The van der Waals surface area contributed by atoms with E-state index < -0.39 is 0 Å². The van der Waals surface area contributed by atoms with E-state index in [1.807, 2.05) is 10.9 Å².